The molecule has 2 saturated heterocycles. The number of halogens is 1. The third-order valence-corrected chi connectivity index (χ3v) is 6.69. The second-order valence-corrected chi connectivity index (χ2v) is 8.84. The third kappa shape index (κ3) is 6.28. The van der Waals surface area contributed by atoms with E-state index < -0.39 is 0 Å². The first-order valence-electron chi connectivity index (χ1n) is 10.2. The summed E-state index contributed by atoms with van der Waals surface area (Å²) >= 11 is 7.98. The molecule has 1 aromatic rings. The third-order valence-electron chi connectivity index (χ3n) is 5.45. The van der Waals surface area contributed by atoms with E-state index in [1.54, 1.807) is 0 Å². The fourth-order valence-electron chi connectivity index (χ4n) is 3.81. The van der Waals surface area contributed by atoms with Gasteiger partial charge in [0.05, 0.1) is 18.8 Å². The second-order valence-electron chi connectivity index (χ2n) is 7.36. The molecule has 0 aliphatic carbocycles. The fraction of sp³-hybridized carbons (Fsp3) is 0.667. The molecular weight excluding hydrogens is 394 g/mol. The lowest BCUT2D eigenvalue weighted by molar-refractivity contribution is -0.0367. The Labute approximate surface area is 178 Å². The quantitative estimate of drug-likeness (QED) is 0.528. The predicted molar refractivity (Wildman–Crippen MR) is 119 cm³/mol. The Kier molecular flexibility index (Phi) is 8.77. The summed E-state index contributed by atoms with van der Waals surface area (Å²) in [5.74, 6) is 0.971. The monoisotopic (exact) mass is 425 g/mol. The highest BCUT2D eigenvalue weighted by molar-refractivity contribution is 7.98. The van der Waals surface area contributed by atoms with Crippen molar-refractivity contribution in [1.29, 1.82) is 0 Å². The number of ether oxygens (including phenoxy) is 2. The van der Waals surface area contributed by atoms with E-state index in [1.807, 2.05) is 37.0 Å². The van der Waals surface area contributed by atoms with E-state index in [-0.39, 0.29) is 0 Å². The number of aliphatic imine (C=N–C) groups is 1. The molecule has 28 heavy (non-hydrogen) atoms. The Balaban J connectivity index is 1.43. The molecular formula is C21H32ClN3O2S. The molecule has 2 aliphatic heterocycles. The minimum absolute atomic E-state index is 0.308. The molecule has 7 heteroatoms. The molecule has 2 atom stereocenters. The van der Waals surface area contributed by atoms with Gasteiger partial charge in [0.15, 0.2) is 5.96 Å². The summed E-state index contributed by atoms with van der Waals surface area (Å²) < 4.78 is 11.7. The van der Waals surface area contributed by atoms with Crippen LogP contribution in [0.4, 0.5) is 0 Å². The molecule has 0 spiro atoms. The lowest BCUT2D eigenvalue weighted by atomic mass is 10.1. The topological polar surface area (TPSA) is 46.1 Å². The van der Waals surface area contributed by atoms with Gasteiger partial charge in [-0.25, -0.2) is 0 Å². The summed E-state index contributed by atoms with van der Waals surface area (Å²) in [5, 5.41) is 4.67. The van der Waals surface area contributed by atoms with Gasteiger partial charge in [0, 0.05) is 43.6 Å². The molecule has 1 aromatic carbocycles. The van der Waals surface area contributed by atoms with E-state index in [0.717, 1.165) is 63.1 Å². The van der Waals surface area contributed by atoms with Gasteiger partial charge in [-0.05, 0) is 49.6 Å². The Hall–Kier alpha value is -0.950. The molecule has 0 amide bonds. The van der Waals surface area contributed by atoms with Crippen molar-refractivity contribution in [2.75, 3.05) is 46.2 Å². The maximum absolute atomic E-state index is 6.16. The van der Waals surface area contributed by atoms with Crippen LogP contribution in [0.5, 0.6) is 0 Å². The molecule has 2 unspecified atom stereocenters. The highest BCUT2D eigenvalue weighted by atomic mass is 35.5. The predicted octanol–water partition coefficient (Wildman–Crippen LogP) is 3.98. The molecule has 156 valence electrons. The number of nitrogens with zero attached hydrogens (tertiary/aromatic N) is 2. The Morgan fingerprint density at radius 1 is 1.39 bits per heavy atom. The summed E-state index contributed by atoms with van der Waals surface area (Å²) in [6.07, 6.45) is 7.15. The highest BCUT2D eigenvalue weighted by Gasteiger charge is 2.24. The van der Waals surface area contributed by atoms with Gasteiger partial charge in [-0.1, -0.05) is 23.7 Å². The van der Waals surface area contributed by atoms with E-state index in [9.17, 15) is 0 Å². The van der Waals surface area contributed by atoms with Crippen LogP contribution in [0.25, 0.3) is 0 Å². The minimum Gasteiger partial charge on any atom is -0.376 e. The van der Waals surface area contributed by atoms with E-state index in [0.29, 0.717) is 17.5 Å². The lowest BCUT2D eigenvalue weighted by Gasteiger charge is -2.35. The first-order valence-corrected chi connectivity index (χ1v) is 11.8. The van der Waals surface area contributed by atoms with Gasteiger partial charge in [-0.3, -0.25) is 4.99 Å². The van der Waals surface area contributed by atoms with Crippen LogP contribution in [0.2, 0.25) is 5.02 Å². The zero-order chi connectivity index (χ0) is 19.8. The van der Waals surface area contributed by atoms with E-state index in [4.69, 9.17) is 21.1 Å². The number of thioether (sulfide) groups is 1. The van der Waals surface area contributed by atoms with Gasteiger partial charge in [-0.2, -0.15) is 11.8 Å². The smallest absolute Gasteiger partial charge is 0.193 e. The van der Waals surface area contributed by atoms with Crippen molar-refractivity contribution in [3.8, 4) is 0 Å². The van der Waals surface area contributed by atoms with E-state index in [2.05, 4.69) is 27.5 Å². The van der Waals surface area contributed by atoms with Crippen LogP contribution in [0.1, 0.15) is 36.5 Å². The molecule has 0 saturated carbocycles. The molecule has 2 heterocycles. The van der Waals surface area contributed by atoms with Gasteiger partial charge in [0.25, 0.3) is 0 Å². The SMILES string of the molecule is CN=C(NCC(SC)c1cccc(Cl)c1)N1CCC(OCC2CCCO2)CC1. The van der Waals surface area contributed by atoms with Gasteiger partial charge in [0.1, 0.15) is 0 Å². The van der Waals surface area contributed by atoms with Gasteiger partial charge in [0.2, 0.25) is 0 Å². The number of benzene rings is 1. The van der Waals surface area contributed by atoms with Crippen LogP contribution in [0, 0.1) is 0 Å². The standard InChI is InChI=1S/C21H32ClN3O2S/c1-23-21(24-14-20(28-2)16-5-3-6-17(22)13-16)25-10-8-18(9-11-25)27-15-19-7-4-12-26-19/h3,5-6,13,18-20H,4,7-12,14-15H2,1-2H3,(H,23,24). The molecule has 1 N–H and O–H groups in total. The van der Waals surface area contributed by atoms with Crippen LogP contribution in [0.3, 0.4) is 0 Å². The molecule has 5 nitrogen and oxygen atoms in total. The van der Waals surface area contributed by atoms with Gasteiger partial charge >= 0.3 is 0 Å². The van der Waals surface area contributed by atoms with Crippen LogP contribution in [-0.2, 0) is 9.47 Å². The zero-order valence-corrected chi connectivity index (χ0v) is 18.5. The molecule has 0 radical (unpaired) electrons. The van der Waals surface area contributed by atoms with Gasteiger partial charge < -0.3 is 19.7 Å². The number of nitrogens with one attached hydrogen (secondary N) is 1. The van der Waals surface area contributed by atoms with Crippen LogP contribution in [0.15, 0.2) is 29.3 Å². The summed E-state index contributed by atoms with van der Waals surface area (Å²) in [6.45, 7) is 4.39. The average molecular weight is 426 g/mol. The Morgan fingerprint density at radius 2 is 2.21 bits per heavy atom. The maximum atomic E-state index is 6.16. The highest BCUT2D eigenvalue weighted by Crippen LogP contribution is 2.27. The van der Waals surface area contributed by atoms with Crippen molar-refractivity contribution in [3.05, 3.63) is 34.9 Å². The largest absolute Gasteiger partial charge is 0.376 e. The molecule has 2 fully saturated rings. The first-order chi connectivity index (χ1) is 13.7. The summed E-state index contributed by atoms with van der Waals surface area (Å²) in [7, 11) is 1.86. The first kappa shape index (κ1) is 21.8. The Morgan fingerprint density at radius 3 is 2.86 bits per heavy atom. The molecule has 0 bridgehead atoms. The number of likely N-dealkylation sites (tertiary alicyclic amines) is 1. The second kappa shape index (κ2) is 11.3. The van der Waals surface area contributed by atoms with Crippen LogP contribution < -0.4 is 5.32 Å². The van der Waals surface area contributed by atoms with Crippen LogP contribution in [-0.4, -0.2) is 69.2 Å². The average Bonchev–Trinajstić information content (AvgIpc) is 3.24. The summed E-state index contributed by atoms with van der Waals surface area (Å²) in [4.78, 5) is 6.83. The van der Waals surface area contributed by atoms with Crippen molar-refractivity contribution in [1.82, 2.24) is 10.2 Å². The number of piperidine rings is 1. The van der Waals surface area contributed by atoms with Crippen molar-refractivity contribution >= 4 is 29.3 Å². The zero-order valence-electron chi connectivity index (χ0n) is 16.9. The van der Waals surface area contributed by atoms with Crippen molar-refractivity contribution in [2.24, 2.45) is 4.99 Å². The molecule has 0 aromatic heterocycles. The van der Waals surface area contributed by atoms with E-state index >= 15 is 0 Å². The van der Waals surface area contributed by atoms with E-state index in [1.165, 1.54) is 12.0 Å². The Bertz CT molecular complexity index is 632. The summed E-state index contributed by atoms with van der Waals surface area (Å²) in [6, 6.07) is 8.11. The maximum Gasteiger partial charge on any atom is 0.193 e. The number of guanidine groups is 1. The van der Waals surface area contributed by atoms with Crippen molar-refractivity contribution < 1.29 is 9.47 Å². The molecule has 2 aliphatic rings. The van der Waals surface area contributed by atoms with Crippen molar-refractivity contribution in [3.63, 3.8) is 0 Å². The fourth-order valence-corrected chi connectivity index (χ4v) is 4.68. The minimum atomic E-state index is 0.308. The van der Waals surface area contributed by atoms with Crippen molar-refractivity contribution in [2.45, 2.75) is 43.1 Å². The number of rotatable bonds is 7. The van der Waals surface area contributed by atoms with Gasteiger partial charge in [-0.15, -0.1) is 0 Å². The molecule has 3 rings (SSSR count). The number of hydrogen-bond donors (Lipinski definition) is 1. The van der Waals surface area contributed by atoms with Crippen LogP contribution >= 0.6 is 23.4 Å². The number of hydrogen-bond acceptors (Lipinski definition) is 4. The lowest BCUT2D eigenvalue weighted by Crippen LogP contribution is -2.47. The summed E-state index contributed by atoms with van der Waals surface area (Å²) in [5.41, 5.74) is 1.24. The normalized spacial score (nSPS) is 22.5.